The summed E-state index contributed by atoms with van der Waals surface area (Å²) >= 11 is 11.9. The van der Waals surface area contributed by atoms with Crippen LogP contribution >= 0.6 is 23.2 Å². The fourth-order valence-corrected chi connectivity index (χ4v) is 2.75. The molecule has 0 aliphatic heterocycles. The molecular formula is C17H14Cl2FNO3. The third-order valence-corrected chi connectivity index (χ3v) is 3.81. The SMILES string of the molecule is Cc1cc(C)c(NC(=O)COC(=O)c2c(F)cccc2Cl)c(Cl)c1. The van der Waals surface area contributed by atoms with Crippen LogP contribution in [0.1, 0.15) is 21.5 Å². The fourth-order valence-electron chi connectivity index (χ4n) is 2.15. The number of esters is 1. The van der Waals surface area contributed by atoms with E-state index in [0.29, 0.717) is 10.7 Å². The number of hydrogen-bond donors (Lipinski definition) is 1. The zero-order valence-corrected chi connectivity index (χ0v) is 14.5. The summed E-state index contributed by atoms with van der Waals surface area (Å²) in [5.74, 6) is -2.42. The van der Waals surface area contributed by atoms with Crippen molar-refractivity contribution in [1.29, 1.82) is 0 Å². The number of carbonyl (C=O) groups excluding carboxylic acids is 2. The van der Waals surface area contributed by atoms with E-state index in [-0.39, 0.29) is 5.02 Å². The lowest BCUT2D eigenvalue weighted by atomic mass is 10.1. The van der Waals surface area contributed by atoms with Gasteiger partial charge in [-0.25, -0.2) is 9.18 Å². The highest BCUT2D eigenvalue weighted by molar-refractivity contribution is 6.34. The number of aryl methyl sites for hydroxylation is 2. The van der Waals surface area contributed by atoms with Crippen LogP contribution in [0.4, 0.5) is 10.1 Å². The molecule has 0 aliphatic rings. The molecular weight excluding hydrogens is 356 g/mol. The molecule has 0 bridgehead atoms. The van der Waals surface area contributed by atoms with E-state index in [4.69, 9.17) is 27.9 Å². The Balaban J connectivity index is 2.03. The van der Waals surface area contributed by atoms with Crippen LogP contribution in [-0.4, -0.2) is 18.5 Å². The molecule has 1 amide bonds. The number of anilines is 1. The lowest BCUT2D eigenvalue weighted by Gasteiger charge is -2.12. The van der Waals surface area contributed by atoms with Gasteiger partial charge in [-0.1, -0.05) is 35.3 Å². The Bertz CT molecular complexity index is 765. The van der Waals surface area contributed by atoms with Gasteiger partial charge in [0.25, 0.3) is 5.91 Å². The maximum Gasteiger partial charge on any atom is 0.343 e. The molecule has 1 N–H and O–H groups in total. The summed E-state index contributed by atoms with van der Waals surface area (Å²) in [4.78, 5) is 23.8. The molecule has 0 heterocycles. The molecule has 2 rings (SSSR count). The number of amides is 1. The normalized spacial score (nSPS) is 10.4. The van der Waals surface area contributed by atoms with Crippen molar-refractivity contribution in [3.63, 3.8) is 0 Å². The van der Waals surface area contributed by atoms with Crippen molar-refractivity contribution in [2.75, 3.05) is 11.9 Å². The first-order chi connectivity index (χ1) is 11.3. The van der Waals surface area contributed by atoms with E-state index < -0.39 is 29.9 Å². The lowest BCUT2D eigenvalue weighted by Crippen LogP contribution is -2.22. The van der Waals surface area contributed by atoms with Crippen LogP contribution in [0, 0.1) is 19.7 Å². The average Bonchev–Trinajstić information content (AvgIpc) is 2.48. The van der Waals surface area contributed by atoms with Crippen molar-refractivity contribution in [2.24, 2.45) is 0 Å². The summed E-state index contributed by atoms with van der Waals surface area (Å²) in [7, 11) is 0. The van der Waals surface area contributed by atoms with Crippen LogP contribution in [-0.2, 0) is 9.53 Å². The second kappa shape index (κ2) is 7.64. The van der Waals surface area contributed by atoms with E-state index in [2.05, 4.69) is 5.32 Å². The van der Waals surface area contributed by atoms with Gasteiger partial charge in [-0.3, -0.25) is 4.79 Å². The van der Waals surface area contributed by atoms with Gasteiger partial charge in [0.05, 0.1) is 15.7 Å². The van der Waals surface area contributed by atoms with Gasteiger partial charge in [-0.2, -0.15) is 0 Å². The molecule has 0 fully saturated rings. The van der Waals surface area contributed by atoms with Crippen molar-refractivity contribution < 1.29 is 18.7 Å². The molecule has 0 aromatic heterocycles. The predicted octanol–water partition coefficient (Wildman–Crippen LogP) is 4.54. The summed E-state index contributed by atoms with van der Waals surface area (Å²) < 4.78 is 18.4. The van der Waals surface area contributed by atoms with Crippen molar-refractivity contribution in [1.82, 2.24) is 0 Å². The number of nitrogens with one attached hydrogen (secondary N) is 1. The highest BCUT2D eigenvalue weighted by Crippen LogP contribution is 2.27. The highest BCUT2D eigenvalue weighted by Gasteiger charge is 2.19. The van der Waals surface area contributed by atoms with Gasteiger partial charge in [0.1, 0.15) is 11.4 Å². The van der Waals surface area contributed by atoms with Crippen molar-refractivity contribution in [3.05, 3.63) is 62.9 Å². The quantitative estimate of drug-likeness (QED) is 0.804. The first-order valence-corrected chi connectivity index (χ1v) is 7.73. The summed E-state index contributed by atoms with van der Waals surface area (Å²) in [6.07, 6.45) is 0. The molecule has 2 aromatic rings. The molecule has 2 aromatic carbocycles. The molecule has 24 heavy (non-hydrogen) atoms. The van der Waals surface area contributed by atoms with Crippen LogP contribution in [0.5, 0.6) is 0 Å². The Morgan fingerprint density at radius 1 is 1.17 bits per heavy atom. The third-order valence-electron chi connectivity index (χ3n) is 3.20. The second-order valence-electron chi connectivity index (χ2n) is 5.16. The topological polar surface area (TPSA) is 55.4 Å². The number of rotatable bonds is 4. The van der Waals surface area contributed by atoms with Gasteiger partial charge < -0.3 is 10.1 Å². The Morgan fingerprint density at radius 2 is 1.88 bits per heavy atom. The average molecular weight is 370 g/mol. The number of carbonyl (C=O) groups is 2. The van der Waals surface area contributed by atoms with Crippen LogP contribution in [0.25, 0.3) is 0 Å². The molecule has 4 nitrogen and oxygen atoms in total. The molecule has 0 atom stereocenters. The molecule has 0 saturated heterocycles. The summed E-state index contributed by atoms with van der Waals surface area (Å²) in [6.45, 7) is 3.08. The monoisotopic (exact) mass is 369 g/mol. The summed E-state index contributed by atoms with van der Waals surface area (Å²) in [6, 6.07) is 7.36. The first-order valence-electron chi connectivity index (χ1n) is 6.97. The lowest BCUT2D eigenvalue weighted by molar-refractivity contribution is -0.119. The van der Waals surface area contributed by atoms with E-state index in [9.17, 15) is 14.0 Å². The van der Waals surface area contributed by atoms with Gasteiger partial charge in [-0.05, 0) is 43.2 Å². The summed E-state index contributed by atoms with van der Waals surface area (Å²) in [5.41, 5.74) is 1.76. The molecule has 0 aliphatic carbocycles. The van der Waals surface area contributed by atoms with Crippen LogP contribution in [0.15, 0.2) is 30.3 Å². The third kappa shape index (κ3) is 4.24. The van der Waals surface area contributed by atoms with E-state index >= 15 is 0 Å². The van der Waals surface area contributed by atoms with E-state index in [1.165, 1.54) is 12.1 Å². The minimum Gasteiger partial charge on any atom is -0.452 e. The maximum absolute atomic E-state index is 13.6. The molecule has 0 radical (unpaired) electrons. The van der Waals surface area contributed by atoms with Crippen molar-refractivity contribution in [2.45, 2.75) is 13.8 Å². The Kier molecular flexibility index (Phi) is 5.80. The molecule has 0 saturated carbocycles. The van der Waals surface area contributed by atoms with Crippen LogP contribution < -0.4 is 5.32 Å². The van der Waals surface area contributed by atoms with E-state index in [1.807, 2.05) is 13.0 Å². The smallest absolute Gasteiger partial charge is 0.343 e. The minimum absolute atomic E-state index is 0.0853. The highest BCUT2D eigenvalue weighted by atomic mass is 35.5. The van der Waals surface area contributed by atoms with Crippen molar-refractivity contribution >= 4 is 40.8 Å². The number of hydrogen-bond acceptors (Lipinski definition) is 3. The van der Waals surface area contributed by atoms with Gasteiger partial charge >= 0.3 is 5.97 Å². The van der Waals surface area contributed by atoms with Gasteiger partial charge in [0, 0.05) is 0 Å². The van der Waals surface area contributed by atoms with Crippen LogP contribution in [0.2, 0.25) is 10.0 Å². The standard InChI is InChI=1S/C17H14Cl2FNO3/c1-9-6-10(2)16(12(19)7-9)21-14(22)8-24-17(23)15-11(18)4-3-5-13(15)20/h3-7H,8H2,1-2H3,(H,21,22). The minimum atomic E-state index is -1.01. The van der Waals surface area contributed by atoms with Gasteiger partial charge in [-0.15, -0.1) is 0 Å². The Hall–Kier alpha value is -2.11. The van der Waals surface area contributed by atoms with Gasteiger partial charge in [0.2, 0.25) is 0 Å². The fraction of sp³-hybridized carbons (Fsp3) is 0.176. The van der Waals surface area contributed by atoms with E-state index in [0.717, 1.165) is 17.2 Å². The molecule has 126 valence electrons. The number of ether oxygens (including phenoxy) is 1. The van der Waals surface area contributed by atoms with Crippen LogP contribution in [0.3, 0.4) is 0 Å². The largest absolute Gasteiger partial charge is 0.452 e. The second-order valence-corrected chi connectivity index (χ2v) is 5.97. The summed E-state index contributed by atoms with van der Waals surface area (Å²) in [5, 5.41) is 2.86. The first kappa shape index (κ1) is 18.2. The zero-order valence-electron chi connectivity index (χ0n) is 13.0. The van der Waals surface area contributed by atoms with E-state index in [1.54, 1.807) is 13.0 Å². The van der Waals surface area contributed by atoms with Gasteiger partial charge in [0.15, 0.2) is 6.61 Å². The predicted molar refractivity (Wildman–Crippen MR) is 91.2 cm³/mol. The zero-order chi connectivity index (χ0) is 17.9. The van der Waals surface area contributed by atoms with Crippen molar-refractivity contribution in [3.8, 4) is 0 Å². The molecule has 0 unspecified atom stereocenters. The Morgan fingerprint density at radius 3 is 2.50 bits per heavy atom. The molecule has 7 heteroatoms. The Labute approximate surface area is 148 Å². The maximum atomic E-state index is 13.6. The number of benzene rings is 2. The molecule has 0 spiro atoms. The number of halogens is 3.